The summed E-state index contributed by atoms with van der Waals surface area (Å²) in [5.74, 6) is 0. The Hall–Kier alpha value is -5.08. The minimum Gasteiger partial charge on any atom is -0.311 e. The first-order chi connectivity index (χ1) is 22.0. The van der Waals surface area contributed by atoms with Crippen molar-refractivity contribution in [1.82, 2.24) is 0 Å². The van der Waals surface area contributed by atoms with Crippen LogP contribution in [0.1, 0.15) is 42.0 Å². The molecule has 0 spiro atoms. The molecule has 0 fully saturated rings. The zero-order valence-electron chi connectivity index (χ0n) is 26.9. The molecule has 0 aromatic heterocycles. The van der Waals surface area contributed by atoms with E-state index in [4.69, 9.17) is 0 Å². The van der Waals surface area contributed by atoms with E-state index in [0.29, 0.717) is 0 Å². The van der Waals surface area contributed by atoms with Crippen molar-refractivity contribution in [3.05, 3.63) is 168 Å². The summed E-state index contributed by atoms with van der Waals surface area (Å²) in [5, 5.41) is 0. The minimum atomic E-state index is 1.13. The van der Waals surface area contributed by atoms with E-state index in [-0.39, 0.29) is 0 Å². The lowest BCUT2D eigenvalue weighted by atomic mass is 10.0. The normalized spacial score (nSPS) is 10.9. The zero-order valence-corrected chi connectivity index (χ0v) is 26.9. The standard InChI is InChI=1S/C43H42N2/c1-5-6-9-35-15-25-40(26-16-35)45(43-10-7-8-34(4)31-43)42-29-19-37(20-30-42)36-17-27-41(28-18-36)44(38-21-11-32(2)12-22-38)39-23-13-33(3)14-24-39/h7-8,10-31H,5-6,9H2,1-4H3. The molecule has 0 saturated carbocycles. The van der Waals surface area contributed by atoms with Gasteiger partial charge < -0.3 is 9.80 Å². The fourth-order valence-electron chi connectivity index (χ4n) is 5.85. The molecule has 0 bridgehead atoms. The van der Waals surface area contributed by atoms with Crippen molar-refractivity contribution in [3.8, 4) is 11.1 Å². The fraction of sp³-hybridized carbons (Fsp3) is 0.163. The van der Waals surface area contributed by atoms with Crippen molar-refractivity contribution >= 4 is 34.1 Å². The van der Waals surface area contributed by atoms with Crippen LogP contribution in [0.15, 0.2) is 146 Å². The first-order valence-electron chi connectivity index (χ1n) is 16.1. The molecule has 0 radical (unpaired) electrons. The molecule has 0 amide bonds. The predicted molar refractivity (Wildman–Crippen MR) is 194 cm³/mol. The van der Waals surface area contributed by atoms with Gasteiger partial charge in [0.25, 0.3) is 0 Å². The monoisotopic (exact) mass is 586 g/mol. The summed E-state index contributed by atoms with van der Waals surface area (Å²) in [6.07, 6.45) is 3.56. The van der Waals surface area contributed by atoms with Crippen LogP contribution in [0.2, 0.25) is 0 Å². The average Bonchev–Trinajstić information content (AvgIpc) is 3.07. The minimum absolute atomic E-state index is 1.13. The Bertz CT molecular complexity index is 1770. The molecule has 0 heterocycles. The van der Waals surface area contributed by atoms with Crippen LogP contribution in [0.25, 0.3) is 11.1 Å². The lowest BCUT2D eigenvalue weighted by molar-refractivity contribution is 0.795. The van der Waals surface area contributed by atoms with Gasteiger partial charge >= 0.3 is 0 Å². The number of benzene rings is 6. The highest BCUT2D eigenvalue weighted by Gasteiger charge is 2.15. The number of unbranched alkanes of at least 4 members (excludes halogenated alkanes) is 1. The summed E-state index contributed by atoms with van der Waals surface area (Å²) in [4.78, 5) is 4.67. The lowest BCUT2D eigenvalue weighted by Gasteiger charge is -2.26. The molecule has 6 aromatic rings. The van der Waals surface area contributed by atoms with Gasteiger partial charge in [-0.3, -0.25) is 0 Å². The first-order valence-corrected chi connectivity index (χ1v) is 16.1. The lowest BCUT2D eigenvalue weighted by Crippen LogP contribution is -2.10. The quantitative estimate of drug-likeness (QED) is 0.157. The third kappa shape index (κ3) is 7.02. The topological polar surface area (TPSA) is 6.48 Å². The molecule has 0 aliphatic heterocycles. The van der Waals surface area contributed by atoms with E-state index < -0.39 is 0 Å². The molecular weight excluding hydrogens is 544 g/mol. The smallest absolute Gasteiger partial charge is 0.0464 e. The Balaban J connectivity index is 1.30. The molecular formula is C43H42N2. The van der Waals surface area contributed by atoms with Crippen LogP contribution < -0.4 is 9.80 Å². The molecule has 0 unspecified atom stereocenters. The maximum Gasteiger partial charge on any atom is 0.0464 e. The van der Waals surface area contributed by atoms with Gasteiger partial charge in [0.15, 0.2) is 0 Å². The van der Waals surface area contributed by atoms with Gasteiger partial charge in [0, 0.05) is 34.1 Å². The van der Waals surface area contributed by atoms with Crippen LogP contribution in [-0.2, 0) is 6.42 Å². The summed E-state index contributed by atoms with van der Waals surface area (Å²) in [7, 11) is 0. The predicted octanol–water partition coefficient (Wildman–Crippen LogP) is 12.6. The summed E-state index contributed by atoms with van der Waals surface area (Å²) in [6.45, 7) is 8.66. The Morgan fingerprint density at radius 3 is 1.22 bits per heavy atom. The van der Waals surface area contributed by atoms with Crippen molar-refractivity contribution in [2.24, 2.45) is 0 Å². The molecule has 0 N–H and O–H groups in total. The Kier molecular flexibility index (Phi) is 9.12. The highest BCUT2D eigenvalue weighted by molar-refractivity contribution is 5.81. The molecule has 6 aromatic carbocycles. The second kappa shape index (κ2) is 13.7. The largest absolute Gasteiger partial charge is 0.311 e. The molecule has 0 aliphatic carbocycles. The third-order valence-corrected chi connectivity index (χ3v) is 8.44. The van der Waals surface area contributed by atoms with Gasteiger partial charge in [-0.05, 0) is 129 Å². The zero-order chi connectivity index (χ0) is 31.2. The van der Waals surface area contributed by atoms with E-state index in [1.165, 1.54) is 57.6 Å². The molecule has 224 valence electrons. The van der Waals surface area contributed by atoms with Crippen molar-refractivity contribution in [3.63, 3.8) is 0 Å². The number of anilines is 6. The molecule has 2 nitrogen and oxygen atoms in total. The van der Waals surface area contributed by atoms with E-state index in [1.807, 2.05) is 0 Å². The van der Waals surface area contributed by atoms with E-state index in [0.717, 1.165) is 29.2 Å². The maximum atomic E-state index is 2.35. The highest BCUT2D eigenvalue weighted by atomic mass is 15.1. The summed E-state index contributed by atoms with van der Waals surface area (Å²) in [6, 6.07) is 53.1. The SMILES string of the molecule is CCCCc1ccc(N(c2ccc(-c3ccc(N(c4ccc(C)cc4)c4ccc(C)cc4)cc3)cc2)c2cccc(C)c2)cc1. The molecule has 0 saturated heterocycles. The van der Waals surface area contributed by atoms with E-state index in [2.05, 4.69) is 183 Å². The van der Waals surface area contributed by atoms with Gasteiger partial charge in [-0.25, -0.2) is 0 Å². The van der Waals surface area contributed by atoms with Crippen LogP contribution in [0, 0.1) is 20.8 Å². The van der Waals surface area contributed by atoms with Gasteiger partial charge in [-0.2, -0.15) is 0 Å². The van der Waals surface area contributed by atoms with Crippen molar-refractivity contribution in [1.29, 1.82) is 0 Å². The van der Waals surface area contributed by atoms with Crippen molar-refractivity contribution in [2.75, 3.05) is 9.80 Å². The molecule has 45 heavy (non-hydrogen) atoms. The number of aryl methyl sites for hydroxylation is 4. The molecule has 0 atom stereocenters. The Labute approximate surface area is 269 Å². The Morgan fingerprint density at radius 1 is 0.400 bits per heavy atom. The Morgan fingerprint density at radius 2 is 0.800 bits per heavy atom. The van der Waals surface area contributed by atoms with Crippen LogP contribution in [0.5, 0.6) is 0 Å². The molecule has 0 aliphatic rings. The van der Waals surface area contributed by atoms with E-state index in [9.17, 15) is 0 Å². The first kappa shape index (κ1) is 30.0. The number of hydrogen-bond donors (Lipinski definition) is 0. The maximum absolute atomic E-state index is 2.35. The average molecular weight is 587 g/mol. The van der Waals surface area contributed by atoms with Crippen LogP contribution in [0.3, 0.4) is 0 Å². The summed E-state index contributed by atoms with van der Waals surface area (Å²) in [5.41, 5.74) is 14.5. The third-order valence-electron chi connectivity index (χ3n) is 8.44. The van der Waals surface area contributed by atoms with Crippen molar-refractivity contribution < 1.29 is 0 Å². The summed E-state index contributed by atoms with van der Waals surface area (Å²) < 4.78 is 0. The van der Waals surface area contributed by atoms with Crippen LogP contribution >= 0.6 is 0 Å². The van der Waals surface area contributed by atoms with Crippen molar-refractivity contribution in [2.45, 2.75) is 47.0 Å². The van der Waals surface area contributed by atoms with Gasteiger partial charge in [0.05, 0.1) is 0 Å². The van der Waals surface area contributed by atoms with Crippen LogP contribution in [0.4, 0.5) is 34.1 Å². The fourth-order valence-corrected chi connectivity index (χ4v) is 5.85. The number of hydrogen-bond acceptors (Lipinski definition) is 2. The van der Waals surface area contributed by atoms with E-state index in [1.54, 1.807) is 0 Å². The van der Waals surface area contributed by atoms with Gasteiger partial charge in [0.1, 0.15) is 0 Å². The molecule has 2 heteroatoms. The van der Waals surface area contributed by atoms with Gasteiger partial charge in [-0.1, -0.05) is 97.3 Å². The number of rotatable bonds is 10. The number of nitrogens with zero attached hydrogens (tertiary/aromatic N) is 2. The van der Waals surface area contributed by atoms with Gasteiger partial charge in [0.2, 0.25) is 0 Å². The second-order valence-electron chi connectivity index (χ2n) is 12.0. The van der Waals surface area contributed by atoms with E-state index >= 15 is 0 Å². The second-order valence-corrected chi connectivity index (χ2v) is 12.0. The van der Waals surface area contributed by atoms with Gasteiger partial charge in [-0.15, -0.1) is 0 Å². The molecule has 6 rings (SSSR count). The summed E-state index contributed by atoms with van der Waals surface area (Å²) >= 11 is 0. The highest BCUT2D eigenvalue weighted by Crippen LogP contribution is 2.38. The van der Waals surface area contributed by atoms with Crippen LogP contribution in [-0.4, -0.2) is 0 Å².